The minimum Gasteiger partial charge on any atom is -0.464 e. The third-order valence-corrected chi connectivity index (χ3v) is 4.93. The van der Waals surface area contributed by atoms with E-state index < -0.39 is 5.97 Å². The number of carbonyl (C=O) groups excluding carboxylic acids is 2. The first-order valence-corrected chi connectivity index (χ1v) is 8.70. The molecule has 0 spiro atoms. The first-order chi connectivity index (χ1) is 11.9. The van der Waals surface area contributed by atoms with Crippen molar-refractivity contribution in [1.82, 2.24) is 14.8 Å². The van der Waals surface area contributed by atoms with Crippen molar-refractivity contribution >= 4 is 11.8 Å². The molecule has 0 aromatic carbocycles. The Morgan fingerprint density at radius 1 is 1.28 bits per heavy atom. The van der Waals surface area contributed by atoms with Gasteiger partial charge in [0.05, 0.1) is 26.4 Å². The van der Waals surface area contributed by atoms with Crippen LogP contribution in [-0.2, 0) is 16.5 Å². The molecule has 1 aliphatic rings. The lowest BCUT2D eigenvalue weighted by atomic mass is 10.0. The summed E-state index contributed by atoms with van der Waals surface area (Å²) in [4.78, 5) is 27.2. The van der Waals surface area contributed by atoms with E-state index in [0.29, 0.717) is 16.8 Å². The number of hydrogen-bond donors (Lipinski definition) is 1. The van der Waals surface area contributed by atoms with Gasteiger partial charge in [-0.15, -0.1) is 0 Å². The number of nitrogens with zero attached hydrogens (tertiary/aromatic N) is 2. The highest BCUT2D eigenvalue weighted by Gasteiger charge is 2.27. The van der Waals surface area contributed by atoms with Crippen LogP contribution >= 0.6 is 0 Å². The third kappa shape index (κ3) is 4.29. The van der Waals surface area contributed by atoms with Gasteiger partial charge in [0, 0.05) is 44.5 Å². The number of carbonyl (C=O) groups is 2. The molecule has 2 heterocycles. The van der Waals surface area contributed by atoms with E-state index in [2.05, 4.69) is 10.2 Å². The molecular weight excluding hydrogens is 322 g/mol. The lowest BCUT2D eigenvalue weighted by molar-refractivity contribution is 0.0381. The van der Waals surface area contributed by atoms with Gasteiger partial charge < -0.3 is 19.4 Å². The number of rotatable bonds is 7. The molecule has 1 aromatic rings. The van der Waals surface area contributed by atoms with Crippen molar-refractivity contribution in [3.8, 4) is 0 Å². The number of aromatic nitrogens is 1. The molecule has 1 N–H and O–H groups in total. The van der Waals surface area contributed by atoms with Gasteiger partial charge in [-0.25, -0.2) is 4.79 Å². The molecule has 7 heteroatoms. The molecule has 1 fully saturated rings. The Bertz CT molecular complexity index is 633. The Balaban J connectivity index is 2.02. The fourth-order valence-electron chi connectivity index (χ4n) is 3.30. The zero-order valence-corrected chi connectivity index (χ0v) is 15.8. The second kappa shape index (κ2) is 8.60. The van der Waals surface area contributed by atoms with Gasteiger partial charge in [0.1, 0.15) is 5.69 Å². The van der Waals surface area contributed by atoms with Crippen LogP contribution in [-0.4, -0.2) is 73.8 Å². The summed E-state index contributed by atoms with van der Waals surface area (Å²) >= 11 is 0. The Morgan fingerprint density at radius 2 is 1.92 bits per heavy atom. The number of nitrogens with one attached hydrogen (secondary N) is 1. The van der Waals surface area contributed by atoms with Crippen LogP contribution < -0.4 is 5.32 Å². The third-order valence-electron chi connectivity index (χ3n) is 4.93. The predicted octanol–water partition coefficient (Wildman–Crippen LogP) is 0.922. The molecule has 1 saturated heterocycles. The van der Waals surface area contributed by atoms with Crippen molar-refractivity contribution in [3.63, 3.8) is 0 Å². The molecule has 1 aromatic heterocycles. The molecule has 140 valence electrons. The maximum Gasteiger partial charge on any atom is 0.354 e. The number of methoxy groups -OCH3 is 1. The molecule has 1 unspecified atom stereocenters. The van der Waals surface area contributed by atoms with Gasteiger partial charge in [0.2, 0.25) is 0 Å². The van der Waals surface area contributed by atoms with Gasteiger partial charge in [-0.05, 0) is 26.3 Å². The molecule has 2 rings (SSSR count). The maximum atomic E-state index is 12.9. The van der Waals surface area contributed by atoms with Crippen LogP contribution in [0.3, 0.4) is 0 Å². The van der Waals surface area contributed by atoms with E-state index in [-0.39, 0.29) is 11.8 Å². The Labute approximate surface area is 149 Å². The summed E-state index contributed by atoms with van der Waals surface area (Å²) in [5.41, 5.74) is 2.50. The molecular formula is C18H29N3O4. The van der Waals surface area contributed by atoms with Crippen LogP contribution in [0.2, 0.25) is 0 Å². The van der Waals surface area contributed by atoms with Gasteiger partial charge in [-0.3, -0.25) is 9.69 Å². The first-order valence-electron chi connectivity index (χ1n) is 8.70. The molecule has 0 radical (unpaired) electrons. The van der Waals surface area contributed by atoms with Gasteiger partial charge in [-0.1, -0.05) is 0 Å². The van der Waals surface area contributed by atoms with Crippen molar-refractivity contribution in [2.45, 2.75) is 26.8 Å². The number of Topliss-reactive ketones (excluding diaryl/α,β-unsaturated/α-hetero) is 1. The summed E-state index contributed by atoms with van der Waals surface area (Å²) in [6.07, 6.45) is 0. The van der Waals surface area contributed by atoms with E-state index >= 15 is 0 Å². The Morgan fingerprint density at radius 3 is 2.52 bits per heavy atom. The van der Waals surface area contributed by atoms with E-state index in [1.807, 2.05) is 13.8 Å². The summed E-state index contributed by atoms with van der Waals surface area (Å²) in [6.45, 7) is 10.6. The fourth-order valence-corrected chi connectivity index (χ4v) is 3.30. The van der Waals surface area contributed by atoms with E-state index in [0.717, 1.165) is 45.1 Å². The normalized spacial score (nSPS) is 16.7. The van der Waals surface area contributed by atoms with Crippen molar-refractivity contribution in [2.75, 3.05) is 46.5 Å². The first kappa shape index (κ1) is 19.6. The van der Waals surface area contributed by atoms with E-state index in [1.54, 1.807) is 18.5 Å². The van der Waals surface area contributed by atoms with E-state index in [1.165, 1.54) is 7.11 Å². The smallest absolute Gasteiger partial charge is 0.354 e. The lowest BCUT2D eigenvalue weighted by Gasteiger charge is -2.27. The van der Waals surface area contributed by atoms with Crippen molar-refractivity contribution in [2.24, 2.45) is 7.05 Å². The van der Waals surface area contributed by atoms with Crippen LogP contribution in [0.15, 0.2) is 0 Å². The quantitative estimate of drug-likeness (QED) is 0.582. The summed E-state index contributed by atoms with van der Waals surface area (Å²) in [5.74, 6) is -0.419. The molecule has 0 bridgehead atoms. The SMILES string of the molecule is COC(=O)c1c(C)c(C(=O)C(C)NCCN2CCOCC2)c(C)n1C. The van der Waals surface area contributed by atoms with Crippen LogP contribution in [0.1, 0.15) is 39.0 Å². The fraction of sp³-hybridized carbons (Fsp3) is 0.667. The lowest BCUT2D eigenvalue weighted by Crippen LogP contribution is -2.43. The Kier molecular flexibility index (Phi) is 6.75. The molecule has 0 amide bonds. The minimum atomic E-state index is -0.421. The summed E-state index contributed by atoms with van der Waals surface area (Å²) in [6, 6.07) is -0.314. The van der Waals surface area contributed by atoms with Gasteiger partial charge in [-0.2, -0.15) is 0 Å². The van der Waals surface area contributed by atoms with Crippen molar-refractivity contribution in [3.05, 3.63) is 22.5 Å². The maximum absolute atomic E-state index is 12.9. The average Bonchev–Trinajstić information content (AvgIpc) is 2.83. The van der Waals surface area contributed by atoms with Crippen LogP contribution in [0.4, 0.5) is 0 Å². The molecule has 1 aliphatic heterocycles. The van der Waals surface area contributed by atoms with Gasteiger partial charge in [0.15, 0.2) is 5.78 Å². The van der Waals surface area contributed by atoms with Gasteiger partial charge >= 0.3 is 5.97 Å². The van der Waals surface area contributed by atoms with Crippen molar-refractivity contribution in [1.29, 1.82) is 0 Å². The number of esters is 1. The van der Waals surface area contributed by atoms with Crippen molar-refractivity contribution < 1.29 is 19.1 Å². The predicted molar refractivity (Wildman–Crippen MR) is 95.3 cm³/mol. The zero-order chi connectivity index (χ0) is 18.6. The molecule has 7 nitrogen and oxygen atoms in total. The van der Waals surface area contributed by atoms with Gasteiger partial charge in [0.25, 0.3) is 0 Å². The average molecular weight is 351 g/mol. The second-order valence-corrected chi connectivity index (χ2v) is 6.48. The number of hydrogen-bond acceptors (Lipinski definition) is 6. The highest BCUT2D eigenvalue weighted by atomic mass is 16.5. The minimum absolute atomic E-state index is 0.00253. The van der Waals surface area contributed by atoms with E-state index in [4.69, 9.17) is 9.47 Å². The summed E-state index contributed by atoms with van der Waals surface area (Å²) in [7, 11) is 3.13. The Hall–Kier alpha value is -1.70. The topological polar surface area (TPSA) is 72.8 Å². The summed E-state index contributed by atoms with van der Waals surface area (Å²) in [5, 5.41) is 3.30. The standard InChI is InChI=1S/C18H29N3O4/c1-12-15(14(3)20(4)16(12)18(23)24-5)17(22)13(2)19-6-7-21-8-10-25-11-9-21/h13,19H,6-11H2,1-5H3. The van der Waals surface area contributed by atoms with Crippen LogP contribution in [0.25, 0.3) is 0 Å². The van der Waals surface area contributed by atoms with Crippen LogP contribution in [0, 0.1) is 13.8 Å². The number of morpholine rings is 1. The highest BCUT2D eigenvalue weighted by Crippen LogP contribution is 2.23. The second-order valence-electron chi connectivity index (χ2n) is 6.48. The largest absolute Gasteiger partial charge is 0.464 e. The number of ether oxygens (including phenoxy) is 2. The highest BCUT2D eigenvalue weighted by molar-refractivity contribution is 6.05. The summed E-state index contributed by atoms with van der Waals surface area (Å²) < 4.78 is 11.9. The number of ketones is 1. The van der Waals surface area contributed by atoms with Crippen LogP contribution in [0.5, 0.6) is 0 Å². The van der Waals surface area contributed by atoms with E-state index in [9.17, 15) is 9.59 Å². The molecule has 25 heavy (non-hydrogen) atoms. The molecule has 0 saturated carbocycles. The molecule has 0 aliphatic carbocycles. The molecule has 1 atom stereocenters. The zero-order valence-electron chi connectivity index (χ0n) is 15.8. The monoisotopic (exact) mass is 351 g/mol.